The Hall–Kier alpha value is -3.13. The summed E-state index contributed by atoms with van der Waals surface area (Å²) in [5, 5.41) is 1.85. The molecule has 2 atom stereocenters. The van der Waals surface area contributed by atoms with Gasteiger partial charge in [0.25, 0.3) is 5.91 Å². The van der Waals surface area contributed by atoms with E-state index in [9.17, 15) is 28.0 Å². The van der Waals surface area contributed by atoms with Crippen LogP contribution in [0.3, 0.4) is 0 Å². The number of nitrogens with one attached hydrogen (secondary N) is 1. The molecule has 2 aliphatic rings. The van der Waals surface area contributed by atoms with Crippen LogP contribution in [-0.2, 0) is 33.2 Å². The normalized spacial score (nSPS) is 27.9. The number of aryl methyl sites for hydroxylation is 1. The summed E-state index contributed by atoms with van der Waals surface area (Å²) >= 11 is 5.69. The van der Waals surface area contributed by atoms with E-state index < -0.39 is 73.1 Å². The number of carbonyl (C=O) groups excluding carboxylic acids is 4. The van der Waals surface area contributed by atoms with Crippen LogP contribution in [0.5, 0.6) is 0 Å². The molecule has 2 aliphatic heterocycles. The molecule has 0 aromatic heterocycles. The zero-order chi connectivity index (χ0) is 28.4. The smallest absolute Gasteiger partial charge is 0.322 e. The molecular weight excluding hydrogens is 442 g/mol. The van der Waals surface area contributed by atoms with E-state index >= 15 is 0 Å². The highest BCUT2D eigenvalue weighted by molar-refractivity contribution is 6.30. The van der Waals surface area contributed by atoms with Gasteiger partial charge >= 0.3 is 5.92 Å². The first-order valence-electron chi connectivity index (χ1n) is 12.4. The molecule has 3 amide bonds. The van der Waals surface area contributed by atoms with Crippen molar-refractivity contribution in [2.45, 2.75) is 44.0 Å². The monoisotopic (exact) mass is 466 g/mol. The van der Waals surface area contributed by atoms with E-state index in [2.05, 4.69) is 0 Å². The van der Waals surface area contributed by atoms with Crippen molar-refractivity contribution in [1.82, 2.24) is 10.2 Å². The van der Waals surface area contributed by atoms with Crippen LogP contribution < -0.4 is 5.32 Å². The highest BCUT2D eigenvalue weighted by Gasteiger charge is 2.41. The number of fused-ring (bicyclic) bond motifs is 1. The molecule has 1 fully saturated rings. The number of imide groups is 1. The van der Waals surface area contributed by atoms with E-state index in [0.29, 0.717) is 4.90 Å². The third-order valence-corrected chi connectivity index (χ3v) is 5.26. The lowest BCUT2D eigenvalue weighted by Crippen LogP contribution is -2.52. The fourth-order valence-corrected chi connectivity index (χ4v) is 3.47. The Kier molecular flexibility index (Phi) is 4.12. The third-order valence-electron chi connectivity index (χ3n) is 5.01. The lowest BCUT2D eigenvalue weighted by Gasteiger charge is -2.29. The predicted octanol–water partition coefficient (Wildman–Crippen LogP) is 3.39. The predicted molar refractivity (Wildman–Crippen MR) is 111 cm³/mol. The second-order valence-corrected chi connectivity index (χ2v) is 7.51. The fourth-order valence-electron chi connectivity index (χ4n) is 3.34. The molecule has 6 nitrogen and oxygen atoms in total. The van der Waals surface area contributed by atoms with Crippen molar-refractivity contribution < 1.29 is 36.2 Å². The van der Waals surface area contributed by atoms with E-state index in [4.69, 9.17) is 19.8 Å². The molecule has 0 saturated carbocycles. The maximum atomic E-state index is 14.7. The number of alkyl halides is 2. The highest BCUT2D eigenvalue weighted by atomic mass is 35.5. The first-order chi connectivity index (χ1) is 17.4. The number of rotatable bonds is 6. The topological polar surface area (TPSA) is 83.6 Å². The molecule has 1 N–H and O–H groups in total. The number of amides is 3. The number of piperidine rings is 1. The number of Topliss-reactive ketones (excluding diaryl/α,β-unsaturated/α-hetero) is 1. The van der Waals surface area contributed by atoms with Gasteiger partial charge in [0.1, 0.15) is 6.02 Å². The molecule has 4 rings (SSSR count). The van der Waals surface area contributed by atoms with E-state index in [1.165, 1.54) is 12.1 Å². The van der Waals surface area contributed by atoms with Crippen LogP contribution in [0.4, 0.5) is 8.78 Å². The van der Waals surface area contributed by atoms with Crippen LogP contribution in [0.2, 0.25) is 5.02 Å². The molecule has 0 aliphatic carbocycles. The fraction of sp³-hybridized carbons (Fsp3) is 0.304. The third kappa shape index (κ3) is 4.14. The van der Waals surface area contributed by atoms with Gasteiger partial charge in [-0.05, 0) is 42.1 Å². The summed E-state index contributed by atoms with van der Waals surface area (Å²) in [4.78, 5) is 50.4. The first kappa shape index (κ1) is 15.6. The quantitative estimate of drug-likeness (QED) is 0.661. The molecule has 0 radical (unpaired) electrons. The molecule has 2 heterocycles. The van der Waals surface area contributed by atoms with Crippen LogP contribution in [-0.4, -0.2) is 34.4 Å². The summed E-state index contributed by atoms with van der Waals surface area (Å²) in [6.07, 6.45) is -9.10. The molecular formula is C23H19ClF2N2O4. The van der Waals surface area contributed by atoms with Gasteiger partial charge in [0, 0.05) is 42.3 Å². The number of hydrogen-bond donors (Lipinski definition) is 1. The largest absolute Gasteiger partial charge is 0.330 e. The van der Waals surface area contributed by atoms with Gasteiger partial charge in [-0.1, -0.05) is 35.9 Å². The SMILES string of the molecule is [2H]C1C([2H])([2H])C(=O)NC(=O)[C@]1([2H])N1Cc2cc(C([2H])([2H])CC(=O)C(F)(F)c3ccc(Cl)cc3)ccc2C1=O. The summed E-state index contributed by atoms with van der Waals surface area (Å²) < 4.78 is 78.2. The Labute approximate surface area is 196 Å². The Morgan fingerprint density at radius 1 is 1.25 bits per heavy atom. The number of halogens is 3. The Morgan fingerprint density at radius 2 is 1.97 bits per heavy atom. The van der Waals surface area contributed by atoms with Crippen molar-refractivity contribution in [2.24, 2.45) is 0 Å². The van der Waals surface area contributed by atoms with E-state index in [-0.39, 0.29) is 21.7 Å². The van der Waals surface area contributed by atoms with Crippen molar-refractivity contribution in [3.63, 3.8) is 0 Å². The van der Waals surface area contributed by atoms with Crippen molar-refractivity contribution in [1.29, 1.82) is 0 Å². The summed E-state index contributed by atoms with van der Waals surface area (Å²) in [5.74, 6) is -9.43. The molecule has 1 unspecified atom stereocenters. The first-order valence-corrected chi connectivity index (χ1v) is 9.72. The summed E-state index contributed by atoms with van der Waals surface area (Å²) in [5.41, 5.74) is -0.914. The van der Waals surface area contributed by atoms with Gasteiger partial charge in [-0.15, -0.1) is 0 Å². The Bertz CT molecular complexity index is 1370. The molecule has 2 aromatic carbocycles. The number of hydrogen-bond acceptors (Lipinski definition) is 4. The van der Waals surface area contributed by atoms with Gasteiger partial charge in [0.15, 0.2) is 0 Å². The van der Waals surface area contributed by atoms with Gasteiger partial charge in [-0.25, -0.2) is 0 Å². The van der Waals surface area contributed by atoms with Crippen LogP contribution in [0.15, 0.2) is 42.5 Å². The Balaban J connectivity index is 1.60. The minimum Gasteiger partial charge on any atom is -0.322 e. The minimum atomic E-state index is -4.01. The standard InChI is InChI=1S/C23H19ClF2N2O4/c24-16-5-3-15(4-6-16)23(25,26)19(29)9-2-13-1-7-17-14(11-13)12-28(22(17)32)18-8-10-20(30)27-21(18)31/h1,3-7,11,18H,2,8-10,12H2,(H,27,30,31)/t18-/m1/s1/i2D2,8D,10D2,18D/t8?,18-. The van der Waals surface area contributed by atoms with Gasteiger partial charge in [-0.2, -0.15) is 8.78 Å². The molecule has 2 aromatic rings. The van der Waals surface area contributed by atoms with Crippen LogP contribution >= 0.6 is 11.6 Å². The molecule has 9 heteroatoms. The molecule has 1 saturated heterocycles. The number of carbonyl (C=O) groups is 4. The molecule has 0 bridgehead atoms. The highest BCUT2D eigenvalue weighted by Crippen LogP contribution is 2.32. The zero-order valence-corrected chi connectivity index (χ0v) is 17.0. The number of nitrogens with zero attached hydrogens (tertiary/aromatic N) is 1. The average Bonchev–Trinajstić information content (AvgIpc) is 3.18. The number of benzene rings is 2. The van der Waals surface area contributed by atoms with Gasteiger partial charge < -0.3 is 4.90 Å². The van der Waals surface area contributed by atoms with Crippen molar-refractivity contribution in [3.05, 3.63) is 69.7 Å². The summed E-state index contributed by atoms with van der Waals surface area (Å²) in [6, 6.07) is 4.79. The second kappa shape index (κ2) is 8.43. The summed E-state index contributed by atoms with van der Waals surface area (Å²) in [6.45, 7) is -0.524. The summed E-state index contributed by atoms with van der Waals surface area (Å²) in [7, 11) is 0. The minimum absolute atomic E-state index is 0.0670. The second-order valence-electron chi connectivity index (χ2n) is 7.08. The van der Waals surface area contributed by atoms with Gasteiger partial charge in [-0.3, -0.25) is 24.5 Å². The van der Waals surface area contributed by atoms with Crippen LogP contribution in [0.1, 0.15) is 54.5 Å². The van der Waals surface area contributed by atoms with Gasteiger partial charge in [0.05, 0.1) is 1.37 Å². The maximum absolute atomic E-state index is 14.7. The van der Waals surface area contributed by atoms with E-state index in [1.54, 1.807) is 5.32 Å². The Morgan fingerprint density at radius 3 is 2.69 bits per heavy atom. The lowest BCUT2D eigenvalue weighted by molar-refractivity contribution is -0.144. The van der Waals surface area contributed by atoms with Crippen molar-refractivity contribution in [2.75, 3.05) is 0 Å². The molecule has 32 heavy (non-hydrogen) atoms. The average molecular weight is 467 g/mol. The molecule has 0 spiro atoms. The van der Waals surface area contributed by atoms with E-state index in [0.717, 1.165) is 30.3 Å². The molecule has 166 valence electrons. The van der Waals surface area contributed by atoms with Crippen LogP contribution in [0.25, 0.3) is 0 Å². The van der Waals surface area contributed by atoms with Gasteiger partial charge in [0.2, 0.25) is 17.6 Å². The zero-order valence-electron chi connectivity index (χ0n) is 22.2. The maximum Gasteiger partial charge on any atom is 0.330 e. The number of ketones is 1. The lowest BCUT2D eigenvalue weighted by atomic mass is 9.97. The van der Waals surface area contributed by atoms with Crippen molar-refractivity contribution in [3.8, 4) is 0 Å². The van der Waals surface area contributed by atoms with E-state index in [1.807, 2.05) is 0 Å². The van der Waals surface area contributed by atoms with Crippen LogP contribution in [0, 0.1) is 0 Å². The van der Waals surface area contributed by atoms with Crippen molar-refractivity contribution >= 4 is 35.1 Å².